The zero-order valence-corrected chi connectivity index (χ0v) is 12.4. The van der Waals surface area contributed by atoms with Crippen LogP contribution < -0.4 is 10.5 Å². The molecule has 2 N–H and O–H groups in total. The van der Waals surface area contributed by atoms with E-state index in [2.05, 4.69) is 0 Å². The number of benzene rings is 2. The maximum Gasteiger partial charge on any atom is 0.129 e. The number of ether oxygens (including phenoxy) is 1. The van der Waals surface area contributed by atoms with E-state index in [0.29, 0.717) is 21.4 Å². The summed E-state index contributed by atoms with van der Waals surface area (Å²) < 4.78 is 19.2. The second-order valence-electron chi connectivity index (χ2n) is 4.50. The number of nitrogens with two attached hydrogens (primary N) is 1. The maximum atomic E-state index is 13.6. The van der Waals surface area contributed by atoms with Gasteiger partial charge in [0.2, 0.25) is 0 Å². The van der Waals surface area contributed by atoms with Crippen LogP contribution in [0.3, 0.4) is 0 Å². The van der Waals surface area contributed by atoms with E-state index in [9.17, 15) is 4.39 Å². The van der Waals surface area contributed by atoms with Crippen LogP contribution in [0, 0.1) is 5.82 Å². The van der Waals surface area contributed by atoms with Gasteiger partial charge in [0.15, 0.2) is 0 Å². The molecule has 2 aromatic carbocycles. The van der Waals surface area contributed by atoms with Crippen molar-refractivity contribution in [3.63, 3.8) is 0 Å². The molecule has 2 aromatic rings. The Kier molecular flexibility index (Phi) is 4.86. The molecule has 0 spiro atoms. The SMILES string of the molecule is C[C@H](N)c1cc(Cl)ccc1OCc1cc(Cl)ccc1F. The predicted molar refractivity (Wildman–Crippen MR) is 79.8 cm³/mol. The highest BCUT2D eigenvalue weighted by atomic mass is 35.5. The normalized spacial score (nSPS) is 12.2. The van der Waals surface area contributed by atoms with Crippen molar-refractivity contribution in [2.45, 2.75) is 19.6 Å². The lowest BCUT2D eigenvalue weighted by Gasteiger charge is -2.15. The van der Waals surface area contributed by atoms with E-state index in [-0.39, 0.29) is 18.5 Å². The monoisotopic (exact) mass is 313 g/mol. The van der Waals surface area contributed by atoms with Crippen LogP contribution in [0.15, 0.2) is 36.4 Å². The summed E-state index contributed by atoms with van der Waals surface area (Å²) in [5.41, 5.74) is 7.04. The molecule has 2 rings (SSSR count). The summed E-state index contributed by atoms with van der Waals surface area (Å²) in [4.78, 5) is 0. The highest BCUT2D eigenvalue weighted by Gasteiger charge is 2.10. The van der Waals surface area contributed by atoms with Gasteiger partial charge in [-0.25, -0.2) is 4.39 Å². The van der Waals surface area contributed by atoms with Gasteiger partial charge in [-0.05, 0) is 43.3 Å². The van der Waals surface area contributed by atoms with Gasteiger partial charge in [-0.3, -0.25) is 0 Å². The number of hydrogen-bond donors (Lipinski definition) is 1. The van der Waals surface area contributed by atoms with Crippen LogP contribution in [-0.2, 0) is 6.61 Å². The third kappa shape index (κ3) is 3.63. The van der Waals surface area contributed by atoms with E-state index in [0.717, 1.165) is 5.56 Å². The minimum Gasteiger partial charge on any atom is -0.488 e. The molecular formula is C15H14Cl2FNO. The van der Waals surface area contributed by atoms with Crippen molar-refractivity contribution >= 4 is 23.2 Å². The van der Waals surface area contributed by atoms with Gasteiger partial charge < -0.3 is 10.5 Å². The third-order valence-corrected chi connectivity index (χ3v) is 3.32. The lowest BCUT2D eigenvalue weighted by molar-refractivity contribution is 0.295. The Bertz CT molecular complexity index is 617. The average molecular weight is 314 g/mol. The Hall–Kier alpha value is -1.29. The van der Waals surface area contributed by atoms with E-state index >= 15 is 0 Å². The minimum absolute atomic E-state index is 0.0771. The molecule has 0 fully saturated rings. The summed E-state index contributed by atoms with van der Waals surface area (Å²) >= 11 is 11.8. The Morgan fingerprint density at radius 1 is 1.15 bits per heavy atom. The minimum atomic E-state index is -0.356. The van der Waals surface area contributed by atoms with E-state index < -0.39 is 0 Å². The quantitative estimate of drug-likeness (QED) is 0.885. The van der Waals surface area contributed by atoms with Crippen LogP contribution >= 0.6 is 23.2 Å². The van der Waals surface area contributed by atoms with E-state index in [4.69, 9.17) is 33.7 Å². The van der Waals surface area contributed by atoms with Crippen LogP contribution in [0.4, 0.5) is 4.39 Å². The summed E-state index contributed by atoms with van der Waals surface area (Å²) in [6.45, 7) is 1.91. The van der Waals surface area contributed by atoms with E-state index in [1.807, 2.05) is 6.92 Å². The molecule has 0 aliphatic carbocycles. The lowest BCUT2D eigenvalue weighted by Crippen LogP contribution is -2.08. The molecule has 0 bridgehead atoms. The molecule has 106 valence electrons. The largest absolute Gasteiger partial charge is 0.488 e. The zero-order chi connectivity index (χ0) is 14.7. The highest BCUT2D eigenvalue weighted by molar-refractivity contribution is 6.30. The van der Waals surface area contributed by atoms with Crippen molar-refractivity contribution in [2.24, 2.45) is 5.73 Å². The fourth-order valence-corrected chi connectivity index (χ4v) is 2.19. The Morgan fingerprint density at radius 3 is 2.50 bits per heavy atom. The first-order valence-corrected chi connectivity index (χ1v) is 6.84. The van der Waals surface area contributed by atoms with Gasteiger partial charge >= 0.3 is 0 Å². The molecule has 0 heterocycles. The molecule has 0 saturated carbocycles. The van der Waals surface area contributed by atoms with Gasteiger partial charge in [-0.2, -0.15) is 0 Å². The molecule has 2 nitrogen and oxygen atoms in total. The predicted octanol–water partition coefficient (Wildman–Crippen LogP) is 4.73. The second-order valence-corrected chi connectivity index (χ2v) is 5.37. The standard InChI is InChI=1S/C15H14Cl2FNO/c1-9(19)13-7-12(17)3-5-15(13)20-8-10-6-11(16)2-4-14(10)18/h2-7,9H,8,19H2,1H3/t9-/m0/s1. The average Bonchev–Trinajstić information content (AvgIpc) is 2.40. The molecule has 20 heavy (non-hydrogen) atoms. The van der Waals surface area contributed by atoms with Crippen molar-refractivity contribution < 1.29 is 9.13 Å². The van der Waals surface area contributed by atoms with Crippen molar-refractivity contribution in [3.05, 3.63) is 63.4 Å². The summed E-state index contributed by atoms with van der Waals surface area (Å²) in [7, 11) is 0. The van der Waals surface area contributed by atoms with Gasteiger partial charge in [-0.15, -0.1) is 0 Å². The second kappa shape index (κ2) is 6.44. The highest BCUT2D eigenvalue weighted by Crippen LogP contribution is 2.28. The van der Waals surface area contributed by atoms with Gasteiger partial charge in [0.05, 0.1) is 0 Å². The molecule has 0 aliphatic heterocycles. The molecule has 0 unspecified atom stereocenters. The van der Waals surface area contributed by atoms with Crippen molar-refractivity contribution in [2.75, 3.05) is 0 Å². The fourth-order valence-electron chi connectivity index (χ4n) is 1.82. The fraction of sp³-hybridized carbons (Fsp3) is 0.200. The first kappa shape index (κ1) is 15.1. The van der Waals surface area contributed by atoms with Crippen LogP contribution in [0.2, 0.25) is 10.0 Å². The summed E-state index contributed by atoms with van der Waals surface area (Å²) in [5.74, 6) is 0.231. The van der Waals surface area contributed by atoms with Crippen LogP contribution in [0.25, 0.3) is 0 Å². The molecule has 0 saturated heterocycles. The molecule has 5 heteroatoms. The summed E-state index contributed by atoms with van der Waals surface area (Å²) in [6.07, 6.45) is 0. The smallest absolute Gasteiger partial charge is 0.129 e. The van der Waals surface area contributed by atoms with Crippen LogP contribution in [0.1, 0.15) is 24.1 Å². The zero-order valence-electron chi connectivity index (χ0n) is 10.9. The van der Waals surface area contributed by atoms with Gasteiger partial charge in [-0.1, -0.05) is 23.2 Å². The van der Waals surface area contributed by atoms with Crippen LogP contribution in [-0.4, -0.2) is 0 Å². The Labute approximate surface area is 127 Å². The number of halogens is 3. The van der Waals surface area contributed by atoms with Crippen molar-refractivity contribution in [1.82, 2.24) is 0 Å². The van der Waals surface area contributed by atoms with E-state index in [1.165, 1.54) is 12.1 Å². The molecule has 0 radical (unpaired) electrons. The number of rotatable bonds is 4. The Balaban J connectivity index is 2.20. The molecular weight excluding hydrogens is 300 g/mol. The Morgan fingerprint density at radius 2 is 1.80 bits per heavy atom. The first-order chi connectivity index (χ1) is 9.47. The van der Waals surface area contributed by atoms with E-state index in [1.54, 1.807) is 24.3 Å². The summed E-state index contributed by atoms with van der Waals surface area (Å²) in [6, 6.07) is 9.30. The van der Waals surface area contributed by atoms with Gasteiger partial charge in [0.1, 0.15) is 18.2 Å². The van der Waals surface area contributed by atoms with Gasteiger partial charge in [0.25, 0.3) is 0 Å². The molecule has 1 atom stereocenters. The van der Waals surface area contributed by atoms with Crippen LogP contribution in [0.5, 0.6) is 5.75 Å². The topological polar surface area (TPSA) is 35.2 Å². The lowest BCUT2D eigenvalue weighted by atomic mass is 10.1. The summed E-state index contributed by atoms with van der Waals surface area (Å²) in [5, 5.41) is 1.05. The van der Waals surface area contributed by atoms with Crippen molar-refractivity contribution in [3.8, 4) is 5.75 Å². The van der Waals surface area contributed by atoms with Gasteiger partial charge in [0, 0.05) is 27.2 Å². The first-order valence-electron chi connectivity index (χ1n) is 6.09. The molecule has 0 aliphatic rings. The molecule has 0 aromatic heterocycles. The van der Waals surface area contributed by atoms with Crippen molar-refractivity contribution in [1.29, 1.82) is 0 Å². The number of hydrogen-bond acceptors (Lipinski definition) is 2. The third-order valence-electron chi connectivity index (χ3n) is 2.85. The molecule has 0 amide bonds. The maximum absolute atomic E-state index is 13.6.